The number of carbonyl (C=O) groups is 2. The molecule has 2 rings (SSSR count). The highest BCUT2D eigenvalue weighted by atomic mass is 33.1. The van der Waals surface area contributed by atoms with Crippen molar-refractivity contribution >= 4 is 31.7 Å². The maximum absolute atomic E-state index is 11.7. The van der Waals surface area contributed by atoms with E-state index in [0.717, 1.165) is 6.26 Å². The van der Waals surface area contributed by atoms with Crippen LogP contribution in [-0.2, 0) is 8.87 Å². The van der Waals surface area contributed by atoms with Gasteiger partial charge in [-0.25, -0.2) is 12.7 Å². The minimum absolute atomic E-state index is 0.239. The summed E-state index contributed by atoms with van der Waals surface area (Å²) < 4.78 is 22.8. The largest absolute Gasteiger partial charge is 0.272 e. The number of hydrogen-bond acceptors (Lipinski definition) is 5. The summed E-state index contributed by atoms with van der Waals surface area (Å²) in [5.74, 6) is -1.17. The van der Waals surface area contributed by atoms with Gasteiger partial charge in [-0.3, -0.25) is 9.59 Å². The molecule has 0 aliphatic carbocycles. The van der Waals surface area contributed by atoms with Crippen molar-refractivity contribution in [1.29, 1.82) is 0 Å². The van der Waals surface area contributed by atoms with E-state index in [9.17, 15) is 18.0 Å². The second-order valence-electron chi connectivity index (χ2n) is 3.23. The van der Waals surface area contributed by atoms with Crippen molar-refractivity contribution in [3.63, 3.8) is 0 Å². The van der Waals surface area contributed by atoms with Gasteiger partial charge in [-0.05, 0) is 12.1 Å². The van der Waals surface area contributed by atoms with Crippen LogP contribution < -0.4 is 0 Å². The van der Waals surface area contributed by atoms with Crippen molar-refractivity contribution in [2.24, 2.45) is 0 Å². The maximum atomic E-state index is 11.7. The molecule has 16 heavy (non-hydrogen) atoms. The number of rotatable bonds is 2. The molecule has 1 aromatic rings. The quantitative estimate of drug-likeness (QED) is 0.447. The molecule has 1 aliphatic heterocycles. The molecule has 5 nitrogen and oxygen atoms in total. The predicted octanol–water partition coefficient (Wildman–Crippen LogP) is 0.890. The van der Waals surface area contributed by atoms with Gasteiger partial charge in [0.2, 0.25) is 8.87 Å². The molecule has 0 saturated heterocycles. The van der Waals surface area contributed by atoms with Gasteiger partial charge in [0.25, 0.3) is 11.8 Å². The van der Waals surface area contributed by atoms with Crippen LogP contribution in [0.15, 0.2) is 24.3 Å². The average Bonchev–Trinajstić information content (AvgIpc) is 2.43. The zero-order valence-corrected chi connectivity index (χ0v) is 9.84. The molecule has 0 radical (unpaired) electrons. The highest BCUT2D eigenvalue weighted by Crippen LogP contribution is 2.30. The molecule has 0 saturated carbocycles. The van der Waals surface area contributed by atoms with Gasteiger partial charge in [-0.1, -0.05) is 12.1 Å². The van der Waals surface area contributed by atoms with Crippen molar-refractivity contribution in [2.45, 2.75) is 0 Å². The molecule has 0 aromatic heterocycles. The smallest absolute Gasteiger partial charge is 0.268 e. The van der Waals surface area contributed by atoms with Crippen LogP contribution in [0, 0.1) is 0 Å². The number of carbonyl (C=O) groups excluding carboxylic acids is 2. The van der Waals surface area contributed by atoms with E-state index in [1.165, 1.54) is 12.1 Å². The lowest BCUT2D eigenvalue weighted by Gasteiger charge is -2.09. The molecule has 84 valence electrons. The number of nitrogens with zero attached hydrogens (tertiary/aromatic N) is 1. The van der Waals surface area contributed by atoms with E-state index in [1.807, 2.05) is 0 Å². The molecule has 2 amide bonds. The molecule has 0 unspecified atom stereocenters. The fraction of sp³-hybridized carbons (Fsp3) is 0.111. The maximum Gasteiger partial charge on any atom is 0.272 e. The van der Waals surface area contributed by atoms with Crippen LogP contribution in [0.4, 0.5) is 0 Å². The van der Waals surface area contributed by atoms with E-state index in [0.29, 0.717) is 4.31 Å². The van der Waals surface area contributed by atoms with Crippen molar-refractivity contribution in [1.82, 2.24) is 4.31 Å². The Morgan fingerprint density at radius 1 is 1.06 bits per heavy atom. The fourth-order valence-corrected chi connectivity index (χ4v) is 3.19. The van der Waals surface area contributed by atoms with Crippen LogP contribution in [-0.4, -0.2) is 30.8 Å². The second-order valence-corrected chi connectivity index (χ2v) is 7.42. The summed E-state index contributed by atoms with van der Waals surface area (Å²) in [4.78, 5) is 23.4. The minimum atomic E-state index is -3.49. The summed E-state index contributed by atoms with van der Waals surface area (Å²) >= 11 is 0. The Bertz CT molecular complexity index is 544. The lowest BCUT2D eigenvalue weighted by molar-refractivity contribution is 0.0778. The van der Waals surface area contributed by atoms with Crippen molar-refractivity contribution in [3.05, 3.63) is 35.4 Å². The molecule has 1 heterocycles. The Hall–Kier alpha value is -1.34. The van der Waals surface area contributed by atoms with Crippen LogP contribution in [0.25, 0.3) is 0 Å². The summed E-state index contributed by atoms with van der Waals surface area (Å²) in [5.41, 5.74) is 0.479. The van der Waals surface area contributed by atoms with Gasteiger partial charge in [0.15, 0.2) is 0 Å². The van der Waals surface area contributed by atoms with Gasteiger partial charge in [-0.2, -0.15) is 0 Å². The topological polar surface area (TPSA) is 71.5 Å². The van der Waals surface area contributed by atoms with Gasteiger partial charge >= 0.3 is 0 Å². The van der Waals surface area contributed by atoms with Crippen molar-refractivity contribution in [2.75, 3.05) is 6.26 Å². The van der Waals surface area contributed by atoms with Gasteiger partial charge in [0, 0.05) is 0 Å². The minimum Gasteiger partial charge on any atom is -0.268 e. The Kier molecular flexibility index (Phi) is 2.51. The van der Waals surface area contributed by atoms with Crippen LogP contribution in [0.3, 0.4) is 0 Å². The lowest BCUT2D eigenvalue weighted by atomic mass is 10.1. The molecule has 1 aromatic carbocycles. The van der Waals surface area contributed by atoms with Crippen LogP contribution in [0.1, 0.15) is 20.7 Å². The number of fused-ring (bicyclic) bond motifs is 1. The SMILES string of the molecule is CS(=O)(=O)SN1C(=O)c2ccccc2C1=O. The molecular weight excluding hydrogens is 250 g/mol. The number of imide groups is 1. The average molecular weight is 257 g/mol. The van der Waals surface area contributed by atoms with Crippen LogP contribution >= 0.6 is 11.0 Å². The molecule has 0 fully saturated rings. The molecule has 0 atom stereocenters. The van der Waals surface area contributed by atoms with Gasteiger partial charge < -0.3 is 0 Å². The number of hydrogen-bond donors (Lipinski definition) is 0. The Balaban J connectivity index is 2.43. The van der Waals surface area contributed by atoms with Crippen LogP contribution in [0.5, 0.6) is 0 Å². The molecule has 7 heteroatoms. The first-order valence-corrected chi connectivity index (χ1v) is 7.46. The Labute approximate surface area is 95.9 Å². The van der Waals surface area contributed by atoms with Crippen LogP contribution in [0.2, 0.25) is 0 Å². The first-order chi connectivity index (χ1) is 7.40. The third-order valence-electron chi connectivity index (χ3n) is 1.97. The van der Waals surface area contributed by atoms with Gasteiger partial charge in [-0.15, -0.1) is 0 Å². The van der Waals surface area contributed by atoms with Gasteiger partial charge in [0.05, 0.1) is 28.4 Å². The molecular formula is C9H7NO4S2. The van der Waals surface area contributed by atoms with E-state index in [1.54, 1.807) is 12.1 Å². The predicted molar refractivity (Wildman–Crippen MR) is 59.4 cm³/mol. The van der Waals surface area contributed by atoms with E-state index in [4.69, 9.17) is 0 Å². The normalized spacial score (nSPS) is 15.4. The van der Waals surface area contributed by atoms with Gasteiger partial charge in [0.1, 0.15) is 0 Å². The first-order valence-electron chi connectivity index (χ1n) is 4.27. The monoisotopic (exact) mass is 257 g/mol. The van der Waals surface area contributed by atoms with E-state index in [-0.39, 0.29) is 22.1 Å². The molecule has 0 N–H and O–H groups in total. The third kappa shape index (κ3) is 1.83. The molecule has 0 spiro atoms. The molecule has 1 aliphatic rings. The summed E-state index contributed by atoms with van der Waals surface area (Å²) in [6.07, 6.45) is 0.946. The summed E-state index contributed by atoms with van der Waals surface area (Å²) in [6.45, 7) is 0. The highest BCUT2D eigenvalue weighted by Gasteiger charge is 2.38. The number of amides is 2. The number of benzene rings is 1. The van der Waals surface area contributed by atoms with E-state index >= 15 is 0 Å². The molecule has 0 bridgehead atoms. The first kappa shape index (κ1) is 11.2. The summed E-state index contributed by atoms with van der Waals surface area (Å²) in [7, 11) is -3.25. The summed E-state index contributed by atoms with van der Waals surface area (Å²) in [5, 5.41) is 0. The third-order valence-corrected chi connectivity index (χ3v) is 3.98. The highest BCUT2D eigenvalue weighted by molar-refractivity contribution is 8.71. The van der Waals surface area contributed by atoms with E-state index < -0.39 is 20.7 Å². The van der Waals surface area contributed by atoms with Crippen molar-refractivity contribution < 1.29 is 18.0 Å². The zero-order valence-electron chi connectivity index (χ0n) is 8.21. The fourth-order valence-electron chi connectivity index (χ4n) is 1.37. The summed E-state index contributed by atoms with van der Waals surface area (Å²) in [6, 6.07) is 6.24. The Morgan fingerprint density at radius 3 is 1.88 bits per heavy atom. The standard InChI is InChI=1S/C9H7NO4S2/c1-16(13,14)15-10-8(11)6-4-2-3-5-7(6)9(10)12/h2-5H,1H3. The second kappa shape index (κ2) is 3.60. The lowest BCUT2D eigenvalue weighted by Crippen LogP contribution is -2.23. The van der Waals surface area contributed by atoms with E-state index in [2.05, 4.69) is 0 Å². The van der Waals surface area contributed by atoms with Crippen molar-refractivity contribution in [3.8, 4) is 0 Å². The Morgan fingerprint density at radius 2 is 1.50 bits per heavy atom. The zero-order chi connectivity index (χ0) is 11.9.